The van der Waals surface area contributed by atoms with Gasteiger partial charge in [-0.05, 0) is 69.0 Å². The molecule has 1 saturated carbocycles. The van der Waals surface area contributed by atoms with Gasteiger partial charge in [-0.25, -0.2) is 13.6 Å². The molecule has 3 rings (SSSR count). The fourth-order valence-corrected chi connectivity index (χ4v) is 3.70. The summed E-state index contributed by atoms with van der Waals surface area (Å²) in [7, 11) is 0. The second-order valence-electron chi connectivity index (χ2n) is 7.59. The van der Waals surface area contributed by atoms with Crippen LogP contribution in [0.2, 0.25) is 5.02 Å². The van der Waals surface area contributed by atoms with E-state index >= 15 is 0 Å². The lowest BCUT2D eigenvalue weighted by Crippen LogP contribution is -2.45. The summed E-state index contributed by atoms with van der Waals surface area (Å²) in [6.45, 7) is 2.06. The molecule has 0 atom stereocenters. The molecule has 0 heterocycles. The SMILES string of the molecule is CCOC(=O)N[C@H]1CC[C@H](N/C(=N/C(=O)c2ccc(F)c(F)c2)Nc2cccc(Cl)c2)CC1. The van der Waals surface area contributed by atoms with Crippen LogP contribution in [0.15, 0.2) is 47.5 Å². The van der Waals surface area contributed by atoms with Gasteiger partial charge in [-0.15, -0.1) is 0 Å². The zero-order chi connectivity index (χ0) is 23.8. The molecule has 2 amide bonds. The van der Waals surface area contributed by atoms with Gasteiger partial charge in [0.2, 0.25) is 5.96 Å². The third-order valence-corrected chi connectivity index (χ3v) is 5.37. The predicted molar refractivity (Wildman–Crippen MR) is 123 cm³/mol. The highest BCUT2D eigenvalue weighted by Crippen LogP contribution is 2.20. The Hall–Kier alpha value is -3.20. The Kier molecular flexibility index (Phi) is 8.59. The van der Waals surface area contributed by atoms with Crippen LogP contribution in [0, 0.1) is 11.6 Å². The first kappa shape index (κ1) is 24.4. The van der Waals surface area contributed by atoms with Gasteiger partial charge >= 0.3 is 6.09 Å². The van der Waals surface area contributed by atoms with Gasteiger partial charge in [-0.2, -0.15) is 4.99 Å². The normalized spacial score (nSPS) is 18.4. The fraction of sp³-hybridized carbons (Fsp3) is 0.348. The Morgan fingerprint density at radius 2 is 1.73 bits per heavy atom. The number of alkyl carbamates (subject to hydrolysis) is 1. The Morgan fingerprint density at radius 1 is 1.03 bits per heavy atom. The van der Waals surface area contributed by atoms with E-state index in [2.05, 4.69) is 20.9 Å². The van der Waals surface area contributed by atoms with Crippen molar-refractivity contribution in [3.63, 3.8) is 0 Å². The number of nitrogens with zero attached hydrogens (tertiary/aromatic N) is 1. The molecule has 0 radical (unpaired) electrons. The summed E-state index contributed by atoms with van der Waals surface area (Å²) in [4.78, 5) is 28.3. The first-order valence-electron chi connectivity index (χ1n) is 10.6. The van der Waals surface area contributed by atoms with E-state index in [0.29, 0.717) is 30.2 Å². The minimum atomic E-state index is -1.12. The molecule has 10 heteroatoms. The van der Waals surface area contributed by atoms with Crippen LogP contribution >= 0.6 is 11.6 Å². The van der Waals surface area contributed by atoms with Gasteiger partial charge < -0.3 is 20.7 Å². The van der Waals surface area contributed by atoms with Crippen molar-refractivity contribution in [2.45, 2.75) is 44.7 Å². The van der Waals surface area contributed by atoms with Crippen LogP contribution in [0.3, 0.4) is 0 Å². The quantitative estimate of drug-likeness (QED) is 0.421. The van der Waals surface area contributed by atoms with Gasteiger partial charge in [0.1, 0.15) is 0 Å². The molecule has 1 aliphatic carbocycles. The largest absolute Gasteiger partial charge is 0.450 e. The van der Waals surface area contributed by atoms with Crippen molar-refractivity contribution in [3.05, 3.63) is 64.7 Å². The lowest BCUT2D eigenvalue weighted by molar-refractivity contribution is 0.100. The molecule has 1 aliphatic rings. The van der Waals surface area contributed by atoms with Crippen LogP contribution in [-0.2, 0) is 4.74 Å². The number of rotatable bonds is 5. The minimum Gasteiger partial charge on any atom is -0.450 e. The van der Waals surface area contributed by atoms with Gasteiger partial charge in [-0.3, -0.25) is 4.79 Å². The smallest absolute Gasteiger partial charge is 0.407 e. The van der Waals surface area contributed by atoms with Crippen LogP contribution in [0.25, 0.3) is 0 Å². The average molecular weight is 479 g/mol. The lowest BCUT2D eigenvalue weighted by Gasteiger charge is -2.30. The average Bonchev–Trinajstić information content (AvgIpc) is 2.77. The van der Waals surface area contributed by atoms with E-state index in [1.807, 2.05) is 0 Å². The van der Waals surface area contributed by atoms with Crippen molar-refractivity contribution < 1.29 is 23.1 Å². The summed E-state index contributed by atoms with van der Waals surface area (Å²) in [5.41, 5.74) is 0.521. The number of halogens is 3. The number of ether oxygens (including phenoxy) is 1. The van der Waals surface area contributed by atoms with E-state index in [9.17, 15) is 18.4 Å². The molecule has 0 bridgehead atoms. The second kappa shape index (κ2) is 11.6. The zero-order valence-corrected chi connectivity index (χ0v) is 18.8. The zero-order valence-electron chi connectivity index (χ0n) is 18.0. The van der Waals surface area contributed by atoms with Crippen LogP contribution in [0.4, 0.5) is 19.3 Å². The third-order valence-electron chi connectivity index (χ3n) is 5.13. The molecular formula is C23H25ClF2N4O3. The van der Waals surface area contributed by atoms with Crippen molar-refractivity contribution in [2.24, 2.45) is 4.99 Å². The van der Waals surface area contributed by atoms with E-state index in [1.54, 1.807) is 31.2 Å². The number of anilines is 1. The monoisotopic (exact) mass is 478 g/mol. The number of hydrogen-bond donors (Lipinski definition) is 3. The lowest BCUT2D eigenvalue weighted by atomic mass is 9.91. The Labute approximate surface area is 195 Å². The van der Waals surface area contributed by atoms with Gasteiger partial charge in [0.25, 0.3) is 5.91 Å². The predicted octanol–water partition coefficient (Wildman–Crippen LogP) is 4.87. The van der Waals surface area contributed by atoms with Crippen molar-refractivity contribution >= 4 is 35.2 Å². The molecule has 0 unspecified atom stereocenters. The number of hydrogen-bond acceptors (Lipinski definition) is 3. The molecule has 1 fully saturated rings. The summed E-state index contributed by atoms with van der Waals surface area (Å²) >= 11 is 6.04. The molecular weight excluding hydrogens is 454 g/mol. The van der Waals surface area contributed by atoms with Crippen LogP contribution in [0.1, 0.15) is 43.0 Å². The molecule has 0 aliphatic heterocycles. The number of carbonyl (C=O) groups is 2. The van der Waals surface area contributed by atoms with E-state index in [4.69, 9.17) is 16.3 Å². The number of nitrogens with one attached hydrogen (secondary N) is 3. The number of aliphatic imine (C=N–C) groups is 1. The molecule has 3 N–H and O–H groups in total. The molecule has 33 heavy (non-hydrogen) atoms. The molecule has 0 aromatic heterocycles. The summed E-state index contributed by atoms with van der Waals surface area (Å²) in [5.74, 6) is -2.74. The first-order valence-corrected chi connectivity index (χ1v) is 11.0. The van der Waals surface area contributed by atoms with Crippen LogP contribution in [0.5, 0.6) is 0 Å². The summed E-state index contributed by atoms with van der Waals surface area (Å²) in [5, 5.41) is 9.57. The maximum Gasteiger partial charge on any atom is 0.407 e. The first-order chi connectivity index (χ1) is 15.8. The van der Waals surface area contributed by atoms with Crippen molar-refractivity contribution in [1.82, 2.24) is 10.6 Å². The van der Waals surface area contributed by atoms with Crippen LogP contribution < -0.4 is 16.0 Å². The molecule has 2 aromatic rings. The maximum atomic E-state index is 13.6. The Balaban J connectivity index is 1.71. The van der Waals surface area contributed by atoms with Gasteiger partial charge in [0, 0.05) is 28.4 Å². The second-order valence-corrected chi connectivity index (χ2v) is 8.02. The van der Waals surface area contributed by atoms with Crippen molar-refractivity contribution in [2.75, 3.05) is 11.9 Å². The van der Waals surface area contributed by atoms with E-state index in [-0.39, 0.29) is 23.6 Å². The Morgan fingerprint density at radius 3 is 2.36 bits per heavy atom. The van der Waals surface area contributed by atoms with Crippen LogP contribution in [-0.4, -0.2) is 36.7 Å². The van der Waals surface area contributed by atoms with E-state index in [1.165, 1.54) is 6.07 Å². The molecule has 0 spiro atoms. The minimum absolute atomic E-state index is 0.00667. The van der Waals surface area contributed by atoms with E-state index in [0.717, 1.165) is 25.0 Å². The van der Waals surface area contributed by atoms with E-state index < -0.39 is 23.6 Å². The molecule has 0 saturated heterocycles. The van der Waals surface area contributed by atoms with Gasteiger partial charge in [-0.1, -0.05) is 17.7 Å². The highest BCUT2D eigenvalue weighted by Gasteiger charge is 2.24. The number of benzene rings is 2. The molecule has 2 aromatic carbocycles. The summed E-state index contributed by atoms with van der Waals surface area (Å²) < 4.78 is 31.7. The van der Waals surface area contributed by atoms with Crippen molar-refractivity contribution in [1.29, 1.82) is 0 Å². The standard InChI is InChI=1S/C23H25ClF2N4O3/c1-2-33-23(32)29-17-9-7-16(8-10-17)27-22(28-18-5-3-4-15(24)13-18)30-21(31)14-6-11-19(25)20(26)12-14/h3-6,11-13,16-17H,2,7-10H2,1H3,(H,29,32)(H2,27,28,30,31)/t16-,17-. The summed E-state index contributed by atoms with van der Waals surface area (Å²) in [6.07, 6.45) is 2.44. The van der Waals surface area contributed by atoms with Crippen molar-refractivity contribution in [3.8, 4) is 0 Å². The third kappa shape index (κ3) is 7.42. The topological polar surface area (TPSA) is 91.8 Å². The maximum absolute atomic E-state index is 13.6. The number of carbonyl (C=O) groups excluding carboxylic acids is 2. The fourth-order valence-electron chi connectivity index (χ4n) is 3.51. The highest BCUT2D eigenvalue weighted by molar-refractivity contribution is 6.30. The number of amides is 2. The van der Waals surface area contributed by atoms with Gasteiger partial charge in [0.15, 0.2) is 11.6 Å². The highest BCUT2D eigenvalue weighted by atomic mass is 35.5. The molecule has 7 nitrogen and oxygen atoms in total. The number of guanidine groups is 1. The molecule has 176 valence electrons. The van der Waals surface area contributed by atoms with Gasteiger partial charge in [0.05, 0.1) is 6.61 Å². The summed E-state index contributed by atoms with van der Waals surface area (Å²) in [6, 6.07) is 9.73. The Bertz CT molecular complexity index is 1030.